The molecule has 2 aliphatic heterocycles. The van der Waals surface area contributed by atoms with Gasteiger partial charge in [-0.05, 0) is 35.7 Å². The van der Waals surface area contributed by atoms with Gasteiger partial charge in [-0.15, -0.1) is 5.98 Å². The van der Waals surface area contributed by atoms with Gasteiger partial charge in [0, 0.05) is 28.8 Å². The number of ether oxygens (including phenoxy) is 2. The fourth-order valence-corrected chi connectivity index (χ4v) is 7.13. The molecule has 0 unspecified atom stereocenters. The second-order valence-corrected chi connectivity index (χ2v) is 18.4. The van der Waals surface area contributed by atoms with Crippen molar-refractivity contribution >= 4 is 94.2 Å². The van der Waals surface area contributed by atoms with Crippen LogP contribution in [0.2, 0.25) is 0 Å². The average molecular weight is 1080 g/mol. The zero-order valence-corrected chi connectivity index (χ0v) is 40.6. The monoisotopic (exact) mass is 1090 g/mol. The first kappa shape index (κ1) is 58.6. The standard InChI is InChI=1S/2C10H7BN3O.C7H6BO3S.C5HBN3.C4H2BF6O4S2.C4H2BN2/c2*1-10(2)9(11)7(14-3)8(15-10)6(4-12)5-13;8-3-5-6(9)1-4(12-11)2-7(5)10;6-5(3-9)4(1-7)2-8;5-1-2(16(12,13)3(6,7)8)17(14,15)4(9,10)11;5-1-4(2-6)3-7/h2*11H,1-2H3;3,8H,1-2H2;6H;1,5H;1,5H/i2*11D;8D;6D;2*5D. The molecule has 0 aromatic carbocycles. The number of nitriles is 9. The number of halogens is 6. The quantitative estimate of drug-likeness (QED) is 0.0631. The van der Waals surface area contributed by atoms with E-state index in [1.807, 2.05) is 0 Å². The van der Waals surface area contributed by atoms with Gasteiger partial charge in [0.1, 0.15) is 118 Å². The zero-order valence-electron chi connectivity index (χ0n) is 44.2. The number of hydrogen-bond acceptors (Lipinski definition) is 18. The average Bonchev–Trinajstić information content (AvgIpc) is 3.83. The number of Topliss-reactive ketones (excluding diaryl/α,β-unsaturated/α-hetero) is 2. The molecule has 0 aromatic rings. The van der Waals surface area contributed by atoms with Crippen LogP contribution in [0.25, 0.3) is 9.69 Å². The minimum absolute atomic E-state index is 0.0245. The molecule has 3 rings (SSSR count). The summed E-state index contributed by atoms with van der Waals surface area (Å²) in [7, 11) is -9.27. The molecular weight excluding hydrogens is 1050 g/mol. The van der Waals surface area contributed by atoms with Gasteiger partial charge in [0.25, 0.3) is 19.7 Å². The first-order chi connectivity index (χ1) is 37.5. The van der Waals surface area contributed by atoms with Crippen LogP contribution in [0.5, 0.6) is 0 Å². The van der Waals surface area contributed by atoms with Crippen molar-refractivity contribution in [2.75, 3.05) is 0 Å². The van der Waals surface area contributed by atoms with E-state index < -0.39 is 52.1 Å². The number of rotatable bonds is 8. The molecular formula is C40H25B6F6N11O9S3. The second-order valence-electron chi connectivity index (χ2n) is 13.5. The smallest absolute Gasteiger partial charge is 0.495 e. The Kier molecular flexibility index (Phi) is 23.5. The highest BCUT2D eigenvalue weighted by Gasteiger charge is 2.59. The fourth-order valence-electron chi connectivity index (χ4n) is 4.21. The number of sulfone groups is 2. The van der Waals surface area contributed by atoms with E-state index in [-0.39, 0.29) is 99.7 Å². The molecule has 1 saturated carbocycles. The van der Waals surface area contributed by atoms with Crippen LogP contribution >= 0.6 is 0 Å². The topological polar surface area (TPSA) is 361 Å². The Bertz CT molecular complexity index is 3340. The lowest BCUT2D eigenvalue weighted by Gasteiger charge is -2.21. The van der Waals surface area contributed by atoms with Crippen LogP contribution in [0.3, 0.4) is 0 Å². The van der Waals surface area contributed by atoms with E-state index in [2.05, 4.69) is 9.69 Å². The van der Waals surface area contributed by atoms with Gasteiger partial charge in [-0.3, -0.25) is 9.59 Å². The normalized spacial score (nSPS) is 15.1. The summed E-state index contributed by atoms with van der Waals surface area (Å²) in [6.07, 6.45) is 0.0547. The lowest BCUT2D eigenvalue weighted by atomic mass is 9.82. The fraction of sp³-hybridized carbons (Fsp3) is 0.250. The van der Waals surface area contributed by atoms with Crippen molar-refractivity contribution in [3.05, 3.63) is 112 Å². The molecule has 75 heavy (non-hydrogen) atoms. The number of ketones is 2. The summed E-state index contributed by atoms with van der Waals surface area (Å²) in [5, 5.41) is 75.5. The maximum absolute atomic E-state index is 12.0. The van der Waals surface area contributed by atoms with Crippen LogP contribution in [-0.4, -0.2) is 115 Å². The summed E-state index contributed by atoms with van der Waals surface area (Å²) in [6, 6.07) is 14.5. The molecule has 0 aromatic heterocycles. The van der Waals surface area contributed by atoms with Gasteiger partial charge >= 0.3 is 11.0 Å². The minimum Gasteiger partial charge on any atom is -0.495 e. The first-order valence-corrected chi connectivity index (χ1v) is 22.0. The summed E-state index contributed by atoms with van der Waals surface area (Å²) in [5.41, 5.74) is -14.3. The van der Waals surface area contributed by atoms with E-state index in [0.29, 0.717) is 23.6 Å². The third kappa shape index (κ3) is 18.9. The van der Waals surface area contributed by atoms with Crippen molar-refractivity contribution in [3.63, 3.8) is 0 Å². The second kappa shape index (κ2) is 30.1. The van der Waals surface area contributed by atoms with E-state index in [0.717, 1.165) is 37.2 Å². The van der Waals surface area contributed by atoms with Crippen molar-refractivity contribution < 1.29 is 66.4 Å². The SMILES string of the molecule is [2H][B]C(C#N)=C(C#N)C#N.[2H][B]C1=C([N+]#[C-])C(=C(C#N)C#N)OC1(C)C.[2H][B]C1=C([N+]#[C-])C(=C(C#N)C#N)OC1(C)C.[2H][B]C=C(C#N)C#N.[2H][B]C=C(S(=O)(=O)C(F)(F)F)S(=O)(=O)C(F)(F)F.[2H][B]C=C1C(=O)CC(=S=O)CC1=O. The molecule has 1 aliphatic carbocycles. The Morgan fingerprint density at radius 1 is 0.667 bits per heavy atom. The molecule has 1 fully saturated rings. The zero-order chi connectivity index (χ0) is 63.9. The predicted octanol–water partition coefficient (Wildman–Crippen LogP) is 1.43. The summed E-state index contributed by atoms with van der Waals surface area (Å²) in [5.74, 6) is 0.936. The molecule has 0 amide bonds. The number of alkyl halides is 6. The van der Waals surface area contributed by atoms with Gasteiger partial charge in [-0.25, -0.2) is 30.7 Å². The number of carbonyl (C=O) groups is 2. The first-order valence-electron chi connectivity index (χ1n) is 21.7. The van der Waals surface area contributed by atoms with E-state index in [1.54, 1.807) is 70.2 Å². The third-order valence-electron chi connectivity index (χ3n) is 7.97. The van der Waals surface area contributed by atoms with E-state index in [1.165, 1.54) is 18.1 Å². The van der Waals surface area contributed by atoms with Crippen molar-refractivity contribution in [2.24, 2.45) is 0 Å². The highest BCUT2D eigenvalue weighted by atomic mass is 32.3. The third-order valence-corrected chi connectivity index (χ3v) is 12.4. The lowest BCUT2D eigenvalue weighted by Crippen LogP contribution is -2.34. The van der Waals surface area contributed by atoms with Crippen LogP contribution < -0.4 is 0 Å². The van der Waals surface area contributed by atoms with Crippen LogP contribution in [0, 0.1) is 115 Å². The van der Waals surface area contributed by atoms with Gasteiger partial charge in [0.2, 0.25) is 11.4 Å². The maximum atomic E-state index is 12.0. The Labute approximate surface area is 444 Å². The number of allylic oxidation sites excluding steroid dienone is 6. The lowest BCUT2D eigenvalue weighted by molar-refractivity contribution is -0.121. The summed E-state index contributed by atoms with van der Waals surface area (Å²) in [4.78, 5) is 29.2. The Balaban J connectivity index is -0.000000917. The highest BCUT2D eigenvalue weighted by molar-refractivity contribution is 8.15. The van der Waals surface area contributed by atoms with Crippen molar-refractivity contribution in [3.8, 4) is 54.6 Å². The Hall–Kier alpha value is -8.99. The van der Waals surface area contributed by atoms with Crippen LogP contribution in [0.4, 0.5) is 26.3 Å². The van der Waals surface area contributed by atoms with Crippen LogP contribution in [0.1, 0.15) is 40.5 Å². The minimum atomic E-state index is -6.74. The van der Waals surface area contributed by atoms with E-state index >= 15 is 0 Å². The van der Waals surface area contributed by atoms with Gasteiger partial charge in [-0.1, -0.05) is 22.9 Å². The molecule has 0 atom stereocenters. The number of hydrogen-bond donors (Lipinski definition) is 0. The molecule has 2 heterocycles. The Morgan fingerprint density at radius 2 is 1.05 bits per heavy atom. The van der Waals surface area contributed by atoms with Gasteiger partial charge in [0.05, 0.1) is 30.5 Å². The predicted molar refractivity (Wildman–Crippen MR) is 259 cm³/mol. The molecule has 0 saturated heterocycles. The molecule has 372 valence electrons. The molecule has 3 aliphatic rings. The molecule has 6 radical (unpaired) electrons. The number of carbonyl (C=O) groups excluding carboxylic acids is 2. The maximum Gasteiger partial charge on any atom is 0.502 e. The van der Waals surface area contributed by atoms with Crippen LogP contribution in [-0.2, 0) is 50.0 Å². The van der Waals surface area contributed by atoms with Crippen molar-refractivity contribution in [1.82, 2.24) is 0 Å². The largest absolute Gasteiger partial charge is 0.502 e. The molecule has 0 bridgehead atoms. The van der Waals surface area contributed by atoms with Gasteiger partial charge < -0.3 is 9.47 Å². The Morgan fingerprint density at radius 3 is 1.27 bits per heavy atom. The van der Waals surface area contributed by atoms with Gasteiger partial charge in [0.15, 0.2) is 38.5 Å². The highest BCUT2D eigenvalue weighted by Crippen LogP contribution is 2.40. The van der Waals surface area contributed by atoms with Crippen molar-refractivity contribution in [1.29, 1.82) is 55.4 Å². The molecule has 35 heteroatoms. The van der Waals surface area contributed by atoms with Crippen molar-refractivity contribution in [2.45, 2.75) is 62.8 Å². The van der Waals surface area contributed by atoms with E-state index in [9.17, 15) is 57.0 Å². The summed E-state index contributed by atoms with van der Waals surface area (Å²) >= 11 is 0.214. The van der Waals surface area contributed by atoms with E-state index in [4.69, 9.17) is 78.0 Å². The molecule has 0 N–H and O–H groups in total. The molecule has 0 spiro atoms. The summed E-state index contributed by atoms with van der Waals surface area (Å²) < 4.78 is 173. The van der Waals surface area contributed by atoms with Crippen LogP contribution in [0.15, 0.2) is 89.4 Å². The van der Waals surface area contributed by atoms with Gasteiger partial charge in [-0.2, -0.15) is 73.7 Å². The summed E-state index contributed by atoms with van der Waals surface area (Å²) in [6.45, 7) is 20.7. The molecule has 20 nitrogen and oxygen atoms in total. The number of nitrogens with zero attached hydrogens (tertiary/aromatic N) is 11.